The molecule has 0 unspecified atom stereocenters. The minimum Gasteiger partial charge on any atom is -0.337 e. The zero-order chi connectivity index (χ0) is 44.6. The van der Waals surface area contributed by atoms with Crippen LogP contribution in [0.4, 0.5) is 28.4 Å². The topological polar surface area (TPSA) is 6.48 Å². The molecule has 0 aromatic heterocycles. The van der Waals surface area contributed by atoms with Gasteiger partial charge in [-0.15, -0.1) is 0 Å². The van der Waals surface area contributed by atoms with Crippen molar-refractivity contribution in [1.29, 1.82) is 0 Å². The van der Waals surface area contributed by atoms with Gasteiger partial charge in [0, 0.05) is 46.0 Å². The van der Waals surface area contributed by atoms with Crippen molar-refractivity contribution in [3.05, 3.63) is 266 Å². The summed E-state index contributed by atoms with van der Waals surface area (Å²) in [6, 6.07) is 79.5. The van der Waals surface area contributed by atoms with Gasteiger partial charge in [-0.3, -0.25) is 0 Å². The predicted octanol–water partition coefficient (Wildman–Crippen LogP) is 17.4. The van der Waals surface area contributed by atoms with Crippen molar-refractivity contribution in [3.8, 4) is 55.6 Å². The molecule has 66 heavy (non-hydrogen) atoms. The summed E-state index contributed by atoms with van der Waals surface area (Å²) in [6.07, 6.45) is 8.62. The maximum atomic E-state index is 4.57. The third-order valence-corrected chi connectivity index (χ3v) is 13.4. The molecular weight excluding hydrogens is 797 g/mol. The van der Waals surface area contributed by atoms with Gasteiger partial charge < -0.3 is 9.80 Å². The summed E-state index contributed by atoms with van der Waals surface area (Å²) >= 11 is 0. The molecule has 1 heterocycles. The van der Waals surface area contributed by atoms with Gasteiger partial charge in [-0.1, -0.05) is 196 Å². The number of hydrogen-bond donors (Lipinski definition) is 0. The van der Waals surface area contributed by atoms with Crippen LogP contribution >= 0.6 is 0 Å². The van der Waals surface area contributed by atoms with Gasteiger partial charge in [-0.2, -0.15) is 0 Å². The van der Waals surface area contributed by atoms with E-state index in [1.54, 1.807) is 0 Å². The molecule has 0 atom stereocenters. The molecule has 0 bridgehead atoms. The molecule has 0 N–H and O–H groups in total. The van der Waals surface area contributed by atoms with Gasteiger partial charge in [-0.05, 0) is 139 Å². The number of hydrogen-bond acceptors (Lipinski definition) is 2. The molecule has 316 valence electrons. The van der Waals surface area contributed by atoms with Crippen LogP contribution < -0.4 is 9.80 Å². The average Bonchev–Trinajstić information content (AvgIpc) is 3.64. The minimum absolute atomic E-state index is 0.112. The Morgan fingerprint density at radius 2 is 0.894 bits per heavy atom. The second-order valence-electron chi connectivity index (χ2n) is 17.8. The standard InChI is InChI=1S/C64H50N2/c1-45-17-7-6-14-40-65(63-44-62-60(43-59(45)63)58-26-12-13-27-61(58)64(62,2)3)57-25-16-24-53(42-57)52-23-15-22-51(41-52)50-32-38-56(39-33-50)66(54-34-28-48(29-35-54)46-18-8-4-9-19-46)55-36-30-49(31-37-55)47-20-10-5-11-21-47/h4-39,41-44H,1,40H2,2-3H3/b14-6-,17-7-. The summed E-state index contributed by atoms with van der Waals surface area (Å²) in [4.78, 5) is 4.79. The van der Waals surface area contributed by atoms with Crippen LogP contribution in [0.25, 0.3) is 61.2 Å². The fourth-order valence-corrected chi connectivity index (χ4v) is 9.91. The van der Waals surface area contributed by atoms with Crippen molar-refractivity contribution in [1.82, 2.24) is 0 Å². The summed E-state index contributed by atoms with van der Waals surface area (Å²) in [5.41, 5.74) is 22.5. The maximum absolute atomic E-state index is 4.57. The number of fused-ring (bicyclic) bond motifs is 4. The first-order valence-corrected chi connectivity index (χ1v) is 22.9. The van der Waals surface area contributed by atoms with E-state index in [-0.39, 0.29) is 5.41 Å². The van der Waals surface area contributed by atoms with Crippen LogP contribution in [0.3, 0.4) is 0 Å². The zero-order valence-corrected chi connectivity index (χ0v) is 37.4. The molecular formula is C64H50N2. The lowest BCUT2D eigenvalue weighted by Gasteiger charge is -2.29. The van der Waals surface area contributed by atoms with Crippen LogP contribution in [0.1, 0.15) is 30.5 Å². The quantitative estimate of drug-likeness (QED) is 0.150. The van der Waals surface area contributed by atoms with Gasteiger partial charge >= 0.3 is 0 Å². The Kier molecular flexibility index (Phi) is 10.5. The number of rotatable bonds is 8. The summed E-state index contributed by atoms with van der Waals surface area (Å²) in [5.74, 6) is 0. The lowest BCUT2D eigenvalue weighted by Crippen LogP contribution is -2.20. The highest BCUT2D eigenvalue weighted by atomic mass is 15.1. The lowest BCUT2D eigenvalue weighted by atomic mass is 9.81. The highest BCUT2D eigenvalue weighted by molar-refractivity contribution is 5.92. The molecule has 0 saturated heterocycles. The van der Waals surface area contributed by atoms with Crippen LogP contribution in [0, 0.1) is 0 Å². The van der Waals surface area contributed by atoms with Crippen LogP contribution in [0.5, 0.6) is 0 Å². The van der Waals surface area contributed by atoms with E-state index in [4.69, 9.17) is 0 Å². The maximum Gasteiger partial charge on any atom is 0.0496 e. The molecule has 0 amide bonds. The zero-order valence-electron chi connectivity index (χ0n) is 37.4. The molecule has 0 spiro atoms. The van der Waals surface area contributed by atoms with E-state index < -0.39 is 0 Å². The molecule has 1 aliphatic heterocycles. The summed E-state index contributed by atoms with van der Waals surface area (Å²) in [5, 5.41) is 0. The second kappa shape index (κ2) is 17.1. The number of nitrogens with zero attached hydrogens (tertiary/aromatic N) is 2. The van der Waals surface area contributed by atoms with Gasteiger partial charge in [0.2, 0.25) is 0 Å². The minimum atomic E-state index is -0.112. The van der Waals surface area contributed by atoms with E-state index in [0.29, 0.717) is 0 Å². The Labute approximate surface area is 389 Å². The molecule has 9 aromatic carbocycles. The van der Waals surface area contributed by atoms with E-state index in [1.165, 1.54) is 66.9 Å². The van der Waals surface area contributed by atoms with E-state index in [1.807, 2.05) is 0 Å². The largest absolute Gasteiger partial charge is 0.337 e. The van der Waals surface area contributed by atoms with Crippen molar-refractivity contribution in [2.45, 2.75) is 19.3 Å². The van der Waals surface area contributed by atoms with E-state index in [2.05, 4.69) is 273 Å². The number of allylic oxidation sites excluding steroid dienone is 4. The summed E-state index contributed by atoms with van der Waals surface area (Å²) < 4.78 is 0. The van der Waals surface area contributed by atoms with Crippen molar-refractivity contribution in [3.63, 3.8) is 0 Å². The Balaban J connectivity index is 0.918. The van der Waals surface area contributed by atoms with Crippen LogP contribution in [0.15, 0.2) is 249 Å². The Hall–Kier alpha value is -8.20. The van der Waals surface area contributed by atoms with Crippen LogP contribution in [0.2, 0.25) is 0 Å². The fourth-order valence-electron chi connectivity index (χ4n) is 9.91. The Morgan fingerprint density at radius 3 is 1.50 bits per heavy atom. The molecule has 2 aliphatic rings. The van der Waals surface area contributed by atoms with Crippen LogP contribution in [-0.2, 0) is 5.41 Å². The molecule has 1 aliphatic carbocycles. The Morgan fingerprint density at radius 1 is 0.409 bits per heavy atom. The van der Waals surface area contributed by atoms with E-state index in [9.17, 15) is 0 Å². The summed E-state index contributed by atoms with van der Waals surface area (Å²) in [7, 11) is 0. The second-order valence-corrected chi connectivity index (χ2v) is 17.8. The molecule has 2 heteroatoms. The third kappa shape index (κ3) is 7.57. The van der Waals surface area contributed by atoms with Gasteiger partial charge in [0.05, 0.1) is 0 Å². The molecule has 0 fully saturated rings. The van der Waals surface area contributed by atoms with Crippen molar-refractivity contribution < 1.29 is 0 Å². The Bertz CT molecular complexity index is 3200. The highest BCUT2D eigenvalue weighted by Crippen LogP contribution is 2.52. The first-order valence-electron chi connectivity index (χ1n) is 22.9. The molecule has 2 nitrogen and oxygen atoms in total. The van der Waals surface area contributed by atoms with Gasteiger partial charge in [0.1, 0.15) is 0 Å². The van der Waals surface area contributed by atoms with E-state index in [0.717, 1.165) is 46.0 Å². The third-order valence-electron chi connectivity index (χ3n) is 13.4. The van der Waals surface area contributed by atoms with Crippen LogP contribution in [-0.4, -0.2) is 6.54 Å². The average molecular weight is 847 g/mol. The number of anilines is 5. The first-order chi connectivity index (χ1) is 32.4. The lowest BCUT2D eigenvalue weighted by molar-refractivity contribution is 0.660. The normalized spacial score (nSPS) is 14.5. The van der Waals surface area contributed by atoms with Crippen molar-refractivity contribution in [2.75, 3.05) is 16.3 Å². The van der Waals surface area contributed by atoms with Gasteiger partial charge in [-0.25, -0.2) is 0 Å². The molecule has 9 aromatic rings. The fraction of sp³-hybridized carbons (Fsp3) is 0.0625. The van der Waals surface area contributed by atoms with Crippen molar-refractivity contribution in [2.24, 2.45) is 0 Å². The van der Waals surface area contributed by atoms with Crippen molar-refractivity contribution >= 4 is 34.0 Å². The molecule has 0 saturated carbocycles. The predicted molar refractivity (Wildman–Crippen MR) is 281 cm³/mol. The van der Waals surface area contributed by atoms with Gasteiger partial charge in [0.15, 0.2) is 0 Å². The van der Waals surface area contributed by atoms with E-state index >= 15 is 0 Å². The highest BCUT2D eigenvalue weighted by Gasteiger charge is 2.36. The SMILES string of the molecule is C=C1/C=C\C=C/CN(c2cccc(-c3cccc(-c4ccc(N(c5ccc(-c6ccccc6)cc5)c5ccc(-c6ccccc6)cc5)cc4)c3)c2)c2cc3c(cc21)-c1ccccc1C3(C)C. The van der Waals surface area contributed by atoms with Gasteiger partial charge in [0.25, 0.3) is 0 Å². The molecule has 0 radical (unpaired) electrons. The molecule has 11 rings (SSSR count). The number of benzene rings is 9. The smallest absolute Gasteiger partial charge is 0.0496 e. The monoisotopic (exact) mass is 846 g/mol. The summed E-state index contributed by atoms with van der Waals surface area (Å²) in [6.45, 7) is 10.0. The first kappa shape index (κ1) is 40.6.